The highest BCUT2D eigenvalue weighted by Gasteiger charge is 2.31. The molecule has 1 saturated carbocycles. The number of ether oxygens (including phenoxy) is 1. The Balaban J connectivity index is 2.51. The molecule has 74 valence electrons. The first-order valence-electron chi connectivity index (χ1n) is 4.77. The molecule has 0 bridgehead atoms. The minimum absolute atomic E-state index is 0.0676. The lowest BCUT2D eigenvalue weighted by molar-refractivity contribution is -0.147. The molecular formula is C11H18O2. The molecule has 1 unspecified atom stereocenters. The number of carbonyl (C=O) groups is 1. The lowest BCUT2D eigenvalue weighted by atomic mass is 9.73. The van der Waals surface area contributed by atoms with Crippen LogP contribution in [0.25, 0.3) is 0 Å². The summed E-state index contributed by atoms with van der Waals surface area (Å²) in [4.78, 5) is 10.7. The van der Waals surface area contributed by atoms with E-state index in [0.717, 1.165) is 19.3 Å². The molecule has 1 atom stereocenters. The fraction of sp³-hybridized carbons (Fsp3) is 0.727. The van der Waals surface area contributed by atoms with Crippen LogP contribution in [0.3, 0.4) is 0 Å². The van der Waals surface area contributed by atoms with Gasteiger partial charge in [-0.2, -0.15) is 0 Å². The van der Waals surface area contributed by atoms with E-state index in [4.69, 9.17) is 4.74 Å². The summed E-state index contributed by atoms with van der Waals surface area (Å²) in [5.41, 5.74) is 1.42. The Morgan fingerprint density at radius 1 is 1.62 bits per heavy atom. The van der Waals surface area contributed by atoms with Crippen molar-refractivity contribution < 1.29 is 9.53 Å². The Morgan fingerprint density at radius 2 is 2.23 bits per heavy atom. The van der Waals surface area contributed by atoms with Gasteiger partial charge >= 0.3 is 5.97 Å². The molecule has 0 aromatic heterocycles. The van der Waals surface area contributed by atoms with Crippen molar-refractivity contribution in [3.63, 3.8) is 0 Å². The number of carbonyl (C=O) groups excluding carboxylic acids is 1. The second-order valence-electron chi connectivity index (χ2n) is 4.46. The van der Waals surface area contributed by atoms with Gasteiger partial charge in [-0.3, -0.25) is 4.79 Å². The minimum Gasteiger partial charge on any atom is -0.462 e. The Labute approximate surface area is 80.0 Å². The van der Waals surface area contributed by atoms with Crippen LogP contribution < -0.4 is 0 Å². The number of rotatable bonds is 1. The molecule has 0 heterocycles. The Hall–Kier alpha value is -0.790. The topological polar surface area (TPSA) is 26.3 Å². The second kappa shape index (κ2) is 3.52. The van der Waals surface area contributed by atoms with Crippen LogP contribution in [-0.4, -0.2) is 12.1 Å². The van der Waals surface area contributed by atoms with Gasteiger partial charge in [0.2, 0.25) is 0 Å². The van der Waals surface area contributed by atoms with Crippen LogP contribution in [0.1, 0.15) is 40.0 Å². The average molecular weight is 182 g/mol. The minimum atomic E-state index is -0.183. The Bertz CT molecular complexity index is 228. The molecule has 0 aromatic carbocycles. The van der Waals surface area contributed by atoms with E-state index in [1.54, 1.807) is 0 Å². The summed E-state index contributed by atoms with van der Waals surface area (Å²) < 4.78 is 5.16. The first kappa shape index (κ1) is 10.3. The van der Waals surface area contributed by atoms with E-state index in [9.17, 15) is 4.79 Å². The summed E-state index contributed by atoms with van der Waals surface area (Å²) in [5.74, 6) is -0.183. The summed E-state index contributed by atoms with van der Waals surface area (Å²) in [6.45, 7) is 9.88. The smallest absolute Gasteiger partial charge is 0.302 e. The standard InChI is InChI=1S/C11H18O2/c1-8-7-10(13-9(2)12)5-6-11(8,3)4/h10H,1,5-7H2,2-4H3. The molecule has 0 aromatic rings. The van der Waals surface area contributed by atoms with E-state index in [1.165, 1.54) is 12.5 Å². The first-order valence-corrected chi connectivity index (χ1v) is 4.77. The van der Waals surface area contributed by atoms with Crippen molar-refractivity contribution in [2.24, 2.45) is 5.41 Å². The SMILES string of the molecule is C=C1CC(OC(C)=O)CCC1(C)C. The van der Waals surface area contributed by atoms with Crippen molar-refractivity contribution in [3.8, 4) is 0 Å². The monoisotopic (exact) mass is 182 g/mol. The molecule has 0 amide bonds. The third kappa shape index (κ3) is 2.58. The summed E-state index contributed by atoms with van der Waals surface area (Å²) in [6.07, 6.45) is 2.92. The summed E-state index contributed by atoms with van der Waals surface area (Å²) in [5, 5.41) is 0. The molecule has 2 heteroatoms. The van der Waals surface area contributed by atoms with Crippen molar-refractivity contribution in [1.29, 1.82) is 0 Å². The fourth-order valence-corrected chi connectivity index (χ4v) is 1.69. The molecule has 0 N–H and O–H groups in total. The average Bonchev–Trinajstić information content (AvgIpc) is 1.97. The maximum Gasteiger partial charge on any atom is 0.302 e. The highest BCUT2D eigenvalue weighted by atomic mass is 16.5. The van der Waals surface area contributed by atoms with Crippen molar-refractivity contribution in [3.05, 3.63) is 12.2 Å². The van der Waals surface area contributed by atoms with Gasteiger partial charge in [-0.05, 0) is 18.3 Å². The van der Waals surface area contributed by atoms with Gasteiger partial charge in [-0.1, -0.05) is 26.0 Å². The van der Waals surface area contributed by atoms with E-state index in [1.807, 2.05) is 0 Å². The number of hydrogen-bond acceptors (Lipinski definition) is 2. The first-order chi connectivity index (χ1) is 5.92. The van der Waals surface area contributed by atoms with Gasteiger partial charge in [0, 0.05) is 13.3 Å². The van der Waals surface area contributed by atoms with Crippen molar-refractivity contribution in [1.82, 2.24) is 0 Å². The van der Waals surface area contributed by atoms with Crippen LogP contribution in [0.2, 0.25) is 0 Å². The number of esters is 1. The highest BCUT2D eigenvalue weighted by Crippen LogP contribution is 2.39. The van der Waals surface area contributed by atoms with Crippen LogP contribution in [0.15, 0.2) is 12.2 Å². The lowest BCUT2D eigenvalue weighted by Gasteiger charge is -2.36. The molecule has 1 fully saturated rings. The normalized spacial score (nSPS) is 27.0. The lowest BCUT2D eigenvalue weighted by Crippen LogP contribution is -2.29. The van der Waals surface area contributed by atoms with Gasteiger partial charge < -0.3 is 4.74 Å². The maximum atomic E-state index is 10.7. The van der Waals surface area contributed by atoms with E-state index in [2.05, 4.69) is 20.4 Å². The molecule has 2 nitrogen and oxygen atoms in total. The van der Waals surface area contributed by atoms with E-state index < -0.39 is 0 Å². The molecule has 1 rings (SSSR count). The van der Waals surface area contributed by atoms with Gasteiger partial charge in [0.25, 0.3) is 0 Å². The van der Waals surface area contributed by atoms with Crippen molar-refractivity contribution in [2.75, 3.05) is 0 Å². The molecular weight excluding hydrogens is 164 g/mol. The van der Waals surface area contributed by atoms with E-state index >= 15 is 0 Å². The molecule has 0 radical (unpaired) electrons. The van der Waals surface area contributed by atoms with Gasteiger partial charge in [-0.15, -0.1) is 0 Å². The molecule has 1 aliphatic carbocycles. The van der Waals surface area contributed by atoms with Crippen molar-refractivity contribution >= 4 is 5.97 Å². The molecule has 0 saturated heterocycles. The molecule has 1 aliphatic rings. The van der Waals surface area contributed by atoms with Crippen LogP contribution in [0.5, 0.6) is 0 Å². The van der Waals surface area contributed by atoms with E-state index in [-0.39, 0.29) is 17.5 Å². The third-order valence-corrected chi connectivity index (χ3v) is 2.86. The summed E-state index contributed by atoms with van der Waals surface area (Å²) in [7, 11) is 0. The maximum absolute atomic E-state index is 10.7. The second-order valence-corrected chi connectivity index (χ2v) is 4.46. The van der Waals surface area contributed by atoms with Crippen LogP contribution >= 0.6 is 0 Å². The van der Waals surface area contributed by atoms with Crippen LogP contribution in [0, 0.1) is 5.41 Å². The Morgan fingerprint density at radius 3 is 2.69 bits per heavy atom. The van der Waals surface area contributed by atoms with Crippen molar-refractivity contribution in [2.45, 2.75) is 46.1 Å². The summed E-state index contributed by atoms with van der Waals surface area (Å²) >= 11 is 0. The molecule has 0 spiro atoms. The van der Waals surface area contributed by atoms with Gasteiger partial charge in [-0.25, -0.2) is 0 Å². The molecule has 0 aliphatic heterocycles. The number of hydrogen-bond donors (Lipinski definition) is 0. The van der Waals surface area contributed by atoms with E-state index in [0.29, 0.717) is 0 Å². The van der Waals surface area contributed by atoms with Crippen LogP contribution in [-0.2, 0) is 9.53 Å². The van der Waals surface area contributed by atoms with Gasteiger partial charge in [0.1, 0.15) is 6.10 Å². The fourth-order valence-electron chi connectivity index (χ4n) is 1.69. The third-order valence-electron chi connectivity index (χ3n) is 2.86. The zero-order valence-corrected chi connectivity index (χ0v) is 8.72. The predicted octanol–water partition coefficient (Wildman–Crippen LogP) is 2.68. The zero-order chi connectivity index (χ0) is 10.1. The molecule has 13 heavy (non-hydrogen) atoms. The highest BCUT2D eigenvalue weighted by molar-refractivity contribution is 5.66. The van der Waals surface area contributed by atoms with Crippen LogP contribution in [0.4, 0.5) is 0 Å². The zero-order valence-electron chi connectivity index (χ0n) is 8.72. The summed E-state index contributed by atoms with van der Waals surface area (Å²) in [6, 6.07) is 0. The quantitative estimate of drug-likeness (QED) is 0.460. The largest absolute Gasteiger partial charge is 0.462 e. The van der Waals surface area contributed by atoms with Gasteiger partial charge in [0.15, 0.2) is 0 Å². The Kier molecular flexibility index (Phi) is 2.79. The predicted molar refractivity (Wildman–Crippen MR) is 52.3 cm³/mol. The van der Waals surface area contributed by atoms with Gasteiger partial charge in [0.05, 0.1) is 0 Å².